The van der Waals surface area contributed by atoms with Gasteiger partial charge < -0.3 is 9.47 Å². The number of nitrogens with zero attached hydrogens (tertiary/aromatic N) is 1. The van der Waals surface area contributed by atoms with Crippen molar-refractivity contribution in [3.05, 3.63) is 35.4 Å². The molecule has 21 heavy (non-hydrogen) atoms. The van der Waals surface area contributed by atoms with E-state index in [1.165, 1.54) is 13.2 Å². The molecule has 2 rings (SSSR count). The van der Waals surface area contributed by atoms with Crippen molar-refractivity contribution in [3.8, 4) is 0 Å². The molecule has 0 bridgehead atoms. The molecule has 0 spiro atoms. The Labute approximate surface area is 122 Å². The van der Waals surface area contributed by atoms with Crippen molar-refractivity contribution in [3.63, 3.8) is 0 Å². The zero-order valence-corrected chi connectivity index (χ0v) is 12.1. The molecule has 1 aliphatic rings. The van der Waals surface area contributed by atoms with Crippen LogP contribution in [0.3, 0.4) is 0 Å². The fourth-order valence-corrected chi connectivity index (χ4v) is 2.47. The Hall–Kier alpha value is -1.53. The average Bonchev–Trinajstić information content (AvgIpc) is 2.49. The van der Waals surface area contributed by atoms with E-state index in [-0.39, 0.29) is 24.5 Å². The lowest BCUT2D eigenvalue weighted by molar-refractivity contribution is -0.146. The molecule has 0 aliphatic carbocycles. The molecule has 0 saturated carbocycles. The normalized spacial score (nSPS) is 21.0. The Kier molecular flexibility index (Phi) is 5.25. The maximum atomic E-state index is 13.3. The number of esters is 1. The number of rotatable bonds is 4. The zero-order chi connectivity index (χ0) is 15.4. The number of morpholine rings is 1. The molecular formula is C15H19F2NO3. The molecule has 1 aliphatic heterocycles. The maximum absolute atomic E-state index is 13.3. The first-order valence-electron chi connectivity index (χ1n) is 6.88. The summed E-state index contributed by atoms with van der Waals surface area (Å²) in [5.41, 5.74) is 0.701. The highest BCUT2D eigenvalue weighted by Crippen LogP contribution is 2.24. The van der Waals surface area contributed by atoms with E-state index >= 15 is 0 Å². The molecule has 1 heterocycles. The molecule has 0 aromatic heterocycles. The van der Waals surface area contributed by atoms with Gasteiger partial charge in [-0.2, -0.15) is 0 Å². The lowest BCUT2D eigenvalue weighted by Gasteiger charge is -2.36. The second kappa shape index (κ2) is 6.95. The number of benzene rings is 1. The van der Waals surface area contributed by atoms with E-state index in [4.69, 9.17) is 4.74 Å². The number of methoxy groups -OCH3 is 1. The highest BCUT2D eigenvalue weighted by atomic mass is 19.2. The molecule has 6 heteroatoms. The number of carbonyl (C=O) groups is 1. The van der Waals surface area contributed by atoms with E-state index in [9.17, 15) is 13.6 Å². The van der Waals surface area contributed by atoms with Gasteiger partial charge >= 0.3 is 5.97 Å². The summed E-state index contributed by atoms with van der Waals surface area (Å²) >= 11 is 0. The summed E-state index contributed by atoms with van der Waals surface area (Å²) in [6.07, 6.45) is -0.0451. The first-order chi connectivity index (χ1) is 10.0. The summed E-state index contributed by atoms with van der Waals surface area (Å²) in [6, 6.07) is 3.84. The molecule has 116 valence electrons. The third-order valence-electron chi connectivity index (χ3n) is 3.77. The van der Waals surface area contributed by atoms with Crippen LogP contribution in [0.5, 0.6) is 0 Å². The monoisotopic (exact) mass is 299 g/mol. The molecule has 1 aromatic carbocycles. The van der Waals surface area contributed by atoms with Gasteiger partial charge in [0.2, 0.25) is 0 Å². The van der Waals surface area contributed by atoms with Crippen LogP contribution in [0.4, 0.5) is 8.78 Å². The zero-order valence-electron chi connectivity index (χ0n) is 12.1. The highest BCUT2D eigenvalue weighted by Gasteiger charge is 2.27. The number of hydrogen-bond acceptors (Lipinski definition) is 4. The Balaban J connectivity index is 2.02. The van der Waals surface area contributed by atoms with Crippen LogP contribution in [0, 0.1) is 11.6 Å². The summed E-state index contributed by atoms with van der Waals surface area (Å²) in [4.78, 5) is 13.4. The summed E-state index contributed by atoms with van der Waals surface area (Å²) in [5, 5.41) is 0. The van der Waals surface area contributed by atoms with E-state index in [0.29, 0.717) is 25.3 Å². The van der Waals surface area contributed by atoms with Crippen molar-refractivity contribution in [2.45, 2.75) is 25.5 Å². The van der Waals surface area contributed by atoms with Gasteiger partial charge in [-0.3, -0.25) is 9.69 Å². The largest absolute Gasteiger partial charge is 0.469 e. The molecule has 0 amide bonds. The standard InChI is InChI=1S/C15H19F2NO3/c1-10(11-3-4-13(16)14(17)7-11)18-5-6-21-12(9-18)8-15(19)20-2/h3-4,7,10,12H,5-6,8-9H2,1-2H3/t10-,12-/m0/s1. The Morgan fingerprint density at radius 2 is 2.24 bits per heavy atom. The van der Waals surface area contributed by atoms with Crippen LogP contribution in [-0.2, 0) is 14.3 Å². The van der Waals surface area contributed by atoms with Crippen LogP contribution in [-0.4, -0.2) is 43.8 Å². The Morgan fingerprint density at radius 3 is 2.90 bits per heavy atom. The van der Waals surface area contributed by atoms with Gasteiger partial charge in [0.25, 0.3) is 0 Å². The SMILES string of the molecule is COC(=O)C[C@H]1CN([C@@H](C)c2ccc(F)c(F)c2)CCO1. The highest BCUT2D eigenvalue weighted by molar-refractivity contribution is 5.69. The lowest BCUT2D eigenvalue weighted by Crippen LogP contribution is -2.44. The summed E-state index contributed by atoms with van der Waals surface area (Å²) in [5.74, 6) is -2.02. The van der Waals surface area contributed by atoms with Crippen LogP contribution in [0.25, 0.3) is 0 Å². The van der Waals surface area contributed by atoms with Crippen molar-refractivity contribution in [1.82, 2.24) is 4.90 Å². The molecule has 4 nitrogen and oxygen atoms in total. The minimum Gasteiger partial charge on any atom is -0.469 e. The van der Waals surface area contributed by atoms with Crippen LogP contribution < -0.4 is 0 Å². The minimum absolute atomic E-state index is 0.0795. The van der Waals surface area contributed by atoms with Gasteiger partial charge in [0.1, 0.15) is 0 Å². The average molecular weight is 299 g/mol. The number of halogens is 2. The van der Waals surface area contributed by atoms with Crippen molar-refractivity contribution >= 4 is 5.97 Å². The van der Waals surface area contributed by atoms with Crippen molar-refractivity contribution < 1.29 is 23.0 Å². The van der Waals surface area contributed by atoms with E-state index in [2.05, 4.69) is 9.64 Å². The fraction of sp³-hybridized carbons (Fsp3) is 0.533. The molecule has 1 saturated heterocycles. The van der Waals surface area contributed by atoms with Crippen LogP contribution in [0.1, 0.15) is 24.9 Å². The number of carbonyl (C=O) groups excluding carboxylic acids is 1. The third-order valence-corrected chi connectivity index (χ3v) is 3.77. The number of hydrogen-bond donors (Lipinski definition) is 0. The fourth-order valence-electron chi connectivity index (χ4n) is 2.47. The quantitative estimate of drug-likeness (QED) is 0.800. The van der Waals surface area contributed by atoms with Crippen LogP contribution in [0.15, 0.2) is 18.2 Å². The van der Waals surface area contributed by atoms with Gasteiger partial charge in [0.15, 0.2) is 11.6 Å². The number of ether oxygens (including phenoxy) is 2. The first kappa shape index (κ1) is 15.9. The second-order valence-electron chi connectivity index (χ2n) is 5.12. The predicted molar refractivity (Wildman–Crippen MR) is 72.7 cm³/mol. The Morgan fingerprint density at radius 1 is 1.48 bits per heavy atom. The third kappa shape index (κ3) is 3.98. The van der Waals surface area contributed by atoms with E-state index in [1.54, 1.807) is 6.07 Å². The molecule has 0 radical (unpaired) electrons. The van der Waals surface area contributed by atoms with Gasteiger partial charge in [-0.15, -0.1) is 0 Å². The van der Waals surface area contributed by atoms with E-state index in [0.717, 1.165) is 6.07 Å². The Bertz CT molecular complexity index is 510. The molecule has 0 unspecified atom stereocenters. The molecular weight excluding hydrogens is 280 g/mol. The second-order valence-corrected chi connectivity index (χ2v) is 5.12. The van der Waals surface area contributed by atoms with Gasteiger partial charge in [-0.05, 0) is 24.6 Å². The van der Waals surface area contributed by atoms with Crippen LogP contribution >= 0.6 is 0 Å². The molecule has 1 aromatic rings. The van der Waals surface area contributed by atoms with E-state index in [1.807, 2.05) is 6.92 Å². The lowest BCUT2D eigenvalue weighted by atomic mass is 10.0. The van der Waals surface area contributed by atoms with Gasteiger partial charge in [0, 0.05) is 19.1 Å². The summed E-state index contributed by atoms with van der Waals surface area (Å²) in [7, 11) is 1.34. The van der Waals surface area contributed by atoms with Gasteiger partial charge in [0.05, 0.1) is 26.2 Å². The molecule has 0 N–H and O–H groups in total. The molecule has 1 fully saturated rings. The van der Waals surface area contributed by atoms with Gasteiger partial charge in [-0.25, -0.2) is 8.78 Å². The van der Waals surface area contributed by atoms with Crippen molar-refractivity contribution in [2.75, 3.05) is 26.8 Å². The van der Waals surface area contributed by atoms with Crippen LogP contribution in [0.2, 0.25) is 0 Å². The summed E-state index contributed by atoms with van der Waals surface area (Å²) in [6.45, 7) is 3.65. The smallest absolute Gasteiger partial charge is 0.308 e. The predicted octanol–water partition coefficient (Wildman–Crippen LogP) is 2.29. The molecule has 2 atom stereocenters. The minimum atomic E-state index is -0.850. The van der Waals surface area contributed by atoms with Crippen molar-refractivity contribution in [2.24, 2.45) is 0 Å². The van der Waals surface area contributed by atoms with Crippen molar-refractivity contribution in [1.29, 1.82) is 0 Å². The van der Waals surface area contributed by atoms with Gasteiger partial charge in [-0.1, -0.05) is 6.07 Å². The van der Waals surface area contributed by atoms with E-state index < -0.39 is 11.6 Å². The topological polar surface area (TPSA) is 38.8 Å². The first-order valence-corrected chi connectivity index (χ1v) is 6.88. The maximum Gasteiger partial charge on any atom is 0.308 e. The summed E-state index contributed by atoms with van der Waals surface area (Å²) < 4.78 is 36.5.